The minimum Gasteiger partial charge on any atom is -0.342 e. The van der Waals surface area contributed by atoms with Crippen LogP contribution in [0.4, 0.5) is 0 Å². The average Bonchev–Trinajstić information content (AvgIpc) is 3.17. The molecule has 1 aliphatic rings. The second-order valence-electron chi connectivity index (χ2n) is 5.40. The number of hydrogen-bond acceptors (Lipinski definition) is 2. The first-order valence-corrected chi connectivity index (χ1v) is 7.15. The van der Waals surface area contributed by atoms with Gasteiger partial charge < -0.3 is 10.3 Å². The molecule has 1 aromatic heterocycles. The van der Waals surface area contributed by atoms with Crippen LogP contribution in [0.15, 0.2) is 48.7 Å². The number of nitrogens with zero attached hydrogens (tertiary/aromatic N) is 1. The van der Waals surface area contributed by atoms with Crippen LogP contribution >= 0.6 is 0 Å². The van der Waals surface area contributed by atoms with Crippen LogP contribution in [0.2, 0.25) is 0 Å². The van der Waals surface area contributed by atoms with E-state index in [9.17, 15) is 0 Å². The predicted octanol–water partition coefficient (Wildman–Crippen LogP) is 3.31. The molecule has 0 amide bonds. The van der Waals surface area contributed by atoms with Crippen molar-refractivity contribution in [3.05, 3.63) is 54.5 Å². The zero-order valence-electron chi connectivity index (χ0n) is 11.3. The van der Waals surface area contributed by atoms with Crippen molar-refractivity contribution in [3.63, 3.8) is 0 Å². The van der Waals surface area contributed by atoms with Crippen LogP contribution in [-0.2, 0) is 0 Å². The minimum absolute atomic E-state index is 0.527. The Labute approximate surface area is 118 Å². The van der Waals surface area contributed by atoms with Crippen LogP contribution in [-0.4, -0.2) is 23.1 Å². The number of hydrogen-bond donors (Lipinski definition) is 2. The van der Waals surface area contributed by atoms with Crippen molar-refractivity contribution in [2.24, 2.45) is 0 Å². The molecule has 3 nitrogen and oxygen atoms in total. The van der Waals surface area contributed by atoms with E-state index in [4.69, 9.17) is 0 Å². The van der Waals surface area contributed by atoms with Gasteiger partial charge in [-0.3, -0.25) is 0 Å². The van der Waals surface area contributed by atoms with E-state index in [2.05, 4.69) is 57.7 Å². The number of aromatic nitrogens is 2. The largest absolute Gasteiger partial charge is 0.342 e. The summed E-state index contributed by atoms with van der Waals surface area (Å²) in [5, 5.41) is 5.93. The van der Waals surface area contributed by atoms with E-state index in [0.717, 1.165) is 24.6 Å². The zero-order valence-corrected chi connectivity index (χ0v) is 11.3. The Hall–Kier alpha value is -2.13. The smallest absolute Gasteiger partial charge is 0.110 e. The van der Waals surface area contributed by atoms with Crippen LogP contribution < -0.4 is 5.32 Å². The van der Waals surface area contributed by atoms with E-state index in [0.29, 0.717) is 5.92 Å². The highest BCUT2D eigenvalue weighted by atomic mass is 15.0. The maximum Gasteiger partial charge on any atom is 0.110 e. The summed E-state index contributed by atoms with van der Waals surface area (Å²) < 4.78 is 0. The zero-order chi connectivity index (χ0) is 13.4. The molecule has 0 radical (unpaired) electrons. The summed E-state index contributed by atoms with van der Waals surface area (Å²) in [4.78, 5) is 8.10. The second-order valence-corrected chi connectivity index (χ2v) is 5.40. The number of imidazole rings is 1. The molecule has 1 atom stereocenters. The lowest BCUT2D eigenvalue weighted by Crippen LogP contribution is -2.08. The van der Waals surface area contributed by atoms with E-state index in [1.54, 1.807) is 0 Å². The van der Waals surface area contributed by atoms with E-state index < -0.39 is 0 Å². The van der Waals surface area contributed by atoms with Crippen molar-refractivity contribution in [1.82, 2.24) is 15.3 Å². The molecule has 0 aliphatic carbocycles. The van der Waals surface area contributed by atoms with Crippen LogP contribution in [0.25, 0.3) is 22.0 Å². The normalized spacial score (nSPS) is 18.7. The molecule has 2 heterocycles. The van der Waals surface area contributed by atoms with Gasteiger partial charge in [0.15, 0.2) is 0 Å². The van der Waals surface area contributed by atoms with Crippen LogP contribution in [0.5, 0.6) is 0 Å². The Bertz CT molecular complexity index is 733. The van der Waals surface area contributed by atoms with Gasteiger partial charge in [-0.15, -0.1) is 0 Å². The van der Waals surface area contributed by atoms with Crippen LogP contribution in [0.1, 0.15) is 18.2 Å². The molecule has 3 aromatic rings. The lowest BCUT2D eigenvalue weighted by molar-refractivity contribution is 0.715. The number of H-pyrrole nitrogens is 1. The summed E-state index contributed by atoms with van der Waals surface area (Å²) in [6.45, 7) is 2.12. The Morgan fingerprint density at radius 1 is 1.05 bits per heavy atom. The average molecular weight is 263 g/mol. The van der Waals surface area contributed by atoms with Crippen molar-refractivity contribution >= 4 is 10.8 Å². The molecule has 1 saturated heterocycles. The SMILES string of the molecule is c1ccc2c(-c3cnc(C4CCNC4)[nH]3)cccc2c1. The lowest BCUT2D eigenvalue weighted by atomic mass is 10.0. The molecule has 0 bridgehead atoms. The molecule has 1 unspecified atom stereocenters. The fourth-order valence-electron chi connectivity index (χ4n) is 3.03. The third-order valence-corrected chi connectivity index (χ3v) is 4.12. The highest BCUT2D eigenvalue weighted by Gasteiger charge is 2.19. The van der Waals surface area contributed by atoms with Crippen molar-refractivity contribution in [1.29, 1.82) is 0 Å². The molecule has 20 heavy (non-hydrogen) atoms. The lowest BCUT2D eigenvalue weighted by Gasteiger charge is -2.05. The molecular formula is C17H17N3. The number of rotatable bonds is 2. The molecule has 3 heteroatoms. The van der Waals surface area contributed by atoms with Crippen LogP contribution in [0, 0.1) is 0 Å². The summed E-state index contributed by atoms with van der Waals surface area (Å²) in [6, 6.07) is 14.9. The maximum absolute atomic E-state index is 4.59. The van der Waals surface area contributed by atoms with Gasteiger partial charge in [0.1, 0.15) is 5.82 Å². The second kappa shape index (κ2) is 4.76. The van der Waals surface area contributed by atoms with Gasteiger partial charge in [-0.1, -0.05) is 42.5 Å². The Balaban J connectivity index is 1.79. The van der Waals surface area contributed by atoms with E-state index in [-0.39, 0.29) is 0 Å². The molecule has 2 aromatic carbocycles. The molecule has 0 spiro atoms. The summed E-state index contributed by atoms with van der Waals surface area (Å²) in [7, 11) is 0. The number of aromatic amines is 1. The van der Waals surface area contributed by atoms with Gasteiger partial charge in [-0.05, 0) is 23.7 Å². The van der Waals surface area contributed by atoms with Gasteiger partial charge in [-0.25, -0.2) is 4.98 Å². The first-order valence-electron chi connectivity index (χ1n) is 7.15. The van der Waals surface area contributed by atoms with Gasteiger partial charge >= 0.3 is 0 Å². The van der Waals surface area contributed by atoms with Crippen molar-refractivity contribution in [2.45, 2.75) is 12.3 Å². The Morgan fingerprint density at radius 3 is 2.85 bits per heavy atom. The highest BCUT2D eigenvalue weighted by Crippen LogP contribution is 2.29. The van der Waals surface area contributed by atoms with Crippen molar-refractivity contribution in [2.75, 3.05) is 13.1 Å². The van der Waals surface area contributed by atoms with Crippen molar-refractivity contribution < 1.29 is 0 Å². The molecule has 2 N–H and O–H groups in total. The highest BCUT2D eigenvalue weighted by molar-refractivity contribution is 5.95. The number of fused-ring (bicyclic) bond motifs is 1. The standard InChI is InChI=1S/C17H17N3/c1-2-6-14-12(4-1)5-3-7-15(14)16-11-19-17(20-16)13-8-9-18-10-13/h1-7,11,13,18H,8-10H2,(H,19,20). The Morgan fingerprint density at radius 2 is 1.95 bits per heavy atom. The van der Waals surface area contributed by atoms with Gasteiger partial charge in [-0.2, -0.15) is 0 Å². The summed E-state index contributed by atoms with van der Waals surface area (Å²) in [6.07, 6.45) is 3.14. The summed E-state index contributed by atoms with van der Waals surface area (Å²) >= 11 is 0. The first-order chi connectivity index (χ1) is 9.92. The predicted molar refractivity (Wildman–Crippen MR) is 81.8 cm³/mol. The fourth-order valence-corrected chi connectivity index (χ4v) is 3.03. The monoisotopic (exact) mass is 263 g/mol. The third-order valence-electron chi connectivity index (χ3n) is 4.12. The minimum atomic E-state index is 0.527. The van der Waals surface area contributed by atoms with E-state index >= 15 is 0 Å². The first kappa shape index (κ1) is 11.7. The van der Waals surface area contributed by atoms with Gasteiger partial charge in [0.25, 0.3) is 0 Å². The molecule has 100 valence electrons. The van der Waals surface area contributed by atoms with Crippen LogP contribution in [0.3, 0.4) is 0 Å². The van der Waals surface area contributed by atoms with E-state index in [1.807, 2.05) is 6.20 Å². The van der Waals surface area contributed by atoms with E-state index in [1.165, 1.54) is 22.8 Å². The summed E-state index contributed by atoms with van der Waals surface area (Å²) in [5.74, 6) is 1.64. The Kier molecular flexibility index (Phi) is 2.78. The molecule has 1 fully saturated rings. The molecular weight excluding hydrogens is 246 g/mol. The molecule has 0 saturated carbocycles. The number of nitrogens with one attached hydrogen (secondary N) is 2. The quantitative estimate of drug-likeness (QED) is 0.744. The van der Waals surface area contributed by atoms with Gasteiger partial charge in [0.05, 0.1) is 11.9 Å². The molecule has 1 aliphatic heterocycles. The topological polar surface area (TPSA) is 40.7 Å². The van der Waals surface area contributed by atoms with Gasteiger partial charge in [0, 0.05) is 18.0 Å². The maximum atomic E-state index is 4.59. The summed E-state index contributed by atoms with van der Waals surface area (Å²) in [5.41, 5.74) is 2.34. The number of benzene rings is 2. The van der Waals surface area contributed by atoms with Crippen molar-refractivity contribution in [3.8, 4) is 11.3 Å². The third kappa shape index (κ3) is 1.91. The molecule has 4 rings (SSSR count). The fraction of sp³-hybridized carbons (Fsp3) is 0.235. The van der Waals surface area contributed by atoms with Gasteiger partial charge in [0.2, 0.25) is 0 Å².